The summed E-state index contributed by atoms with van der Waals surface area (Å²) in [5, 5.41) is -1.37. The monoisotopic (exact) mass is 504 g/mol. The van der Waals surface area contributed by atoms with Gasteiger partial charge in [-0.1, -0.05) is 72.2 Å². The Morgan fingerprint density at radius 2 is 1.12 bits per heavy atom. The number of rotatable bonds is 7. The van der Waals surface area contributed by atoms with E-state index in [0.717, 1.165) is 0 Å². The molecule has 0 saturated carbocycles. The average molecular weight is 505 g/mol. The maximum absolute atomic E-state index is 13.4. The standard InChI is InChI=1S/C22H20N2O4S4/c1-3-27-15-11-7-5-9-13(15)23-19(25)17(31-21(23)29)18-20(26)24(22(30)32-18)14-10-6-8-12-16(14)28-4-2/h5-12,17-18H,3-4H2,1-2H3. The Hall–Kier alpha value is -2.14. The second kappa shape index (κ2) is 9.78. The third-order valence-corrected chi connectivity index (χ3v) is 8.17. The fourth-order valence-corrected chi connectivity index (χ4v) is 6.76. The van der Waals surface area contributed by atoms with Crippen LogP contribution in [-0.4, -0.2) is 44.2 Å². The molecule has 32 heavy (non-hydrogen) atoms. The van der Waals surface area contributed by atoms with Gasteiger partial charge in [0.2, 0.25) is 11.8 Å². The van der Waals surface area contributed by atoms with Crippen molar-refractivity contribution in [2.45, 2.75) is 24.3 Å². The van der Waals surface area contributed by atoms with Crippen LogP contribution in [0.25, 0.3) is 0 Å². The van der Waals surface area contributed by atoms with Gasteiger partial charge in [0.25, 0.3) is 0 Å². The Morgan fingerprint density at radius 1 is 0.750 bits per heavy atom. The predicted octanol–water partition coefficient (Wildman–Crippen LogP) is 4.65. The summed E-state index contributed by atoms with van der Waals surface area (Å²) < 4.78 is 12.1. The molecule has 0 bridgehead atoms. The first kappa shape index (κ1) is 23.0. The van der Waals surface area contributed by atoms with Crippen molar-refractivity contribution < 1.29 is 19.1 Å². The van der Waals surface area contributed by atoms with Crippen molar-refractivity contribution in [1.29, 1.82) is 0 Å². The van der Waals surface area contributed by atoms with E-state index in [1.807, 2.05) is 38.1 Å². The second-order valence-corrected chi connectivity index (χ2v) is 10.3. The van der Waals surface area contributed by atoms with Crippen molar-refractivity contribution in [2.75, 3.05) is 23.0 Å². The van der Waals surface area contributed by atoms with Gasteiger partial charge in [-0.25, -0.2) is 0 Å². The highest BCUT2D eigenvalue weighted by molar-refractivity contribution is 8.28. The van der Waals surface area contributed by atoms with E-state index < -0.39 is 10.5 Å². The number of nitrogens with zero attached hydrogens (tertiary/aromatic N) is 2. The molecule has 0 aromatic heterocycles. The number of benzene rings is 2. The van der Waals surface area contributed by atoms with Crippen LogP contribution in [0.3, 0.4) is 0 Å². The third-order valence-electron chi connectivity index (χ3n) is 4.84. The molecule has 4 rings (SSSR count). The first-order valence-corrected chi connectivity index (χ1v) is 12.6. The van der Waals surface area contributed by atoms with Gasteiger partial charge in [-0.3, -0.25) is 19.4 Å². The normalized spacial score (nSPS) is 20.9. The number of para-hydroxylation sites is 4. The van der Waals surface area contributed by atoms with Crippen LogP contribution >= 0.6 is 48.0 Å². The van der Waals surface area contributed by atoms with Crippen molar-refractivity contribution in [3.05, 3.63) is 48.5 Å². The number of hydrogen-bond donors (Lipinski definition) is 0. The molecule has 0 spiro atoms. The number of ether oxygens (including phenoxy) is 2. The number of anilines is 2. The van der Waals surface area contributed by atoms with Gasteiger partial charge < -0.3 is 9.47 Å². The van der Waals surface area contributed by atoms with Crippen molar-refractivity contribution in [2.24, 2.45) is 0 Å². The molecule has 10 heteroatoms. The van der Waals surface area contributed by atoms with E-state index in [1.165, 1.54) is 33.3 Å². The summed E-state index contributed by atoms with van der Waals surface area (Å²) in [5.74, 6) is 0.641. The number of carbonyl (C=O) groups excluding carboxylic acids is 2. The van der Waals surface area contributed by atoms with Gasteiger partial charge in [0.15, 0.2) is 0 Å². The lowest BCUT2D eigenvalue weighted by molar-refractivity contribution is -0.121. The summed E-state index contributed by atoms with van der Waals surface area (Å²) in [4.78, 5) is 29.8. The highest BCUT2D eigenvalue weighted by Gasteiger charge is 2.52. The summed E-state index contributed by atoms with van der Waals surface area (Å²) in [6.45, 7) is 4.67. The van der Waals surface area contributed by atoms with Crippen LogP contribution in [0.2, 0.25) is 0 Å². The first-order chi connectivity index (χ1) is 15.5. The van der Waals surface area contributed by atoms with Gasteiger partial charge in [-0.2, -0.15) is 0 Å². The van der Waals surface area contributed by atoms with Crippen LogP contribution in [0.15, 0.2) is 48.5 Å². The molecule has 0 aliphatic carbocycles. The minimum atomic E-state index is -0.683. The summed E-state index contributed by atoms with van der Waals surface area (Å²) in [5.41, 5.74) is 1.16. The third kappa shape index (κ3) is 4.12. The van der Waals surface area contributed by atoms with E-state index in [4.69, 9.17) is 33.9 Å². The topological polar surface area (TPSA) is 59.1 Å². The van der Waals surface area contributed by atoms with Gasteiger partial charge in [0.05, 0.1) is 24.6 Å². The number of carbonyl (C=O) groups is 2. The maximum atomic E-state index is 13.4. The number of thioether (sulfide) groups is 2. The van der Waals surface area contributed by atoms with Gasteiger partial charge in [0.1, 0.15) is 30.6 Å². The SMILES string of the molecule is CCOc1ccccc1N1C(=O)C(C2SC(=S)N(c3ccccc3OCC)C2=O)SC1=S. The van der Waals surface area contributed by atoms with Crippen LogP contribution in [0.1, 0.15) is 13.8 Å². The Morgan fingerprint density at radius 3 is 1.50 bits per heavy atom. The lowest BCUT2D eigenvalue weighted by Gasteiger charge is -2.21. The lowest BCUT2D eigenvalue weighted by Crippen LogP contribution is -2.40. The summed E-state index contributed by atoms with van der Waals surface area (Å²) in [6.07, 6.45) is 0. The minimum Gasteiger partial charge on any atom is -0.492 e. The number of amides is 2. The van der Waals surface area contributed by atoms with Crippen LogP contribution in [0.4, 0.5) is 11.4 Å². The highest BCUT2D eigenvalue weighted by atomic mass is 32.2. The molecule has 2 unspecified atom stereocenters. The maximum Gasteiger partial charge on any atom is 0.247 e. The Kier molecular flexibility index (Phi) is 7.04. The smallest absolute Gasteiger partial charge is 0.247 e. The van der Waals surface area contributed by atoms with E-state index in [2.05, 4.69) is 0 Å². The fourth-order valence-electron chi connectivity index (χ4n) is 3.51. The van der Waals surface area contributed by atoms with E-state index in [0.29, 0.717) is 44.7 Å². The summed E-state index contributed by atoms with van der Waals surface area (Å²) in [6, 6.07) is 14.5. The van der Waals surface area contributed by atoms with Crippen LogP contribution in [0.5, 0.6) is 11.5 Å². The van der Waals surface area contributed by atoms with Gasteiger partial charge in [-0.05, 0) is 38.1 Å². The summed E-state index contributed by atoms with van der Waals surface area (Å²) >= 11 is 13.5. The fraction of sp³-hybridized carbons (Fsp3) is 0.273. The first-order valence-electron chi connectivity index (χ1n) is 10.0. The quantitative estimate of drug-likeness (QED) is 0.505. The van der Waals surface area contributed by atoms with E-state index in [9.17, 15) is 9.59 Å². The van der Waals surface area contributed by atoms with Gasteiger partial charge in [-0.15, -0.1) is 0 Å². The van der Waals surface area contributed by atoms with Crippen LogP contribution in [-0.2, 0) is 9.59 Å². The lowest BCUT2D eigenvalue weighted by atomic mass is 10.2. The molecule has 6 nitrogen and oxygen atoms in total. The molecule has 2 aromatic rings. The van der Waals surface area contributed by atoms with Gasteiger partial charge in [0, 0.05) is 0 Å². The Labute approximate surface area is 205 Å². The molecule has 2 fully saturated rings. The molecule has 2 atom stereocenters. The molecule has 166 valence electrons. The van der Waals surface area contributed by atoms with Crippen molar-refractivity contribution in [3.63, 3.8) is 0 Å². The molecule has 2 heterocycles. The largest absolute Gasteiger partial charge is 0.492 e. The predicted molar refractivity (Wildman–Crippen MR) is 138 cm³/mol. The average Bonchev–Trinajstić information content (AvgIpc) is 3.24. The zero-order valence-electron chi connectivity index (χ0n) is 17.3. The molecule has 2 amide bonds. The second-order valence-electron chi connectivity index (χ2n) is 6.76. The molecule has 0 radical (unpaired) electrons. The molecule has 2 aromatic carbocycles. The highest BCUT2D eigenvalue weighted by Crippen LogP contribution is 2.45. The molecule has 2 aliphatic heterocycles. The molecule has 2 aliphatic rings. The number of hydrogen-bond acceptors (Lipinski definition) is 8. The zero-order valence-corrected chi connectivity index (χ0v) is 20.6. The van der Waals surface area contributed by atoms with Crippen molar-refractivity contribution in [1.82, 2.24) is 0 Å². The van der Waals surface area contributed by atoms with E-state index in [-0.39, 0.29) is 11.8 Å². The number of thiocarbonyl (C=S) groups is 2. The molecule has 0 N–H and O–H groups in total. The van der Waals surface area contributed by atoms with E-state index in [1.54, 1.807) is 24.3 Å². The summed E-state index contributed by atoms with van der Waals surface area (Å²) in [7, 11) is 0. The van der Waals surface area contributed by atoms with Gasteiger partial charge >= 0.3 is 0 Å². The van der Waals surface area contributed by atoms with Crippen LogP contribution in [0, 0.1) is 0 Å². The Bertz CT molecular complexity index is 1010. The minimum absolute atomic E-state index is 0.249. The zero-order chi connectivity index (χ0) is 22.8. The Balaban J connectivity index is 1.62. The van der Waals surface area contributed by atoms with Crippen LogP contribution < -0.4 is 19.3 Å². The molecule has 2 saturated heterocycles. The van der Waals surface area contributed by atoms with Crippen molar-refractivity contribution >= 4 is 79.8 Å². The van der Waals surface area contributed by atoms with E-state index >= 15 is 0 Å². The van der Waals surface area contributed by atoms with Crippen molar-refractivity contribution in [3.8, 4) is 11.5 Å². The molecular weight excluding hydrogens is 485 g/mol. The molecular formula is C22H20N2O4S4.